The lowest BCUT2D eigenvalue weighted by Gasteiger charge is -2.32. The lowest BCUT2D eigenvalue weighted by molar-refractivity contribution is -0.142. The molecule has 1 heterocycles. The Balaban J connectivity index is 0.00000341. The minimum Gasteiger partial charge on any atom is -0.480 e. The number of alkyl halides is 3. The first-order valence-corrected chi connectivity index (χ1v) is 9.58. The number of halogens is 5. The number of likely N-dealkylation sites (N-methyl/N-ethyl adjacent to an activating group) is 1. The molecule has 31 heavy (non-hydrogen) atoms. The third kappa shape index (κ3) is 5.19. The van der Waals surface area contributed by atoms with Crippen LogP contribution in [-0.2, 0) is 27.9 Å². The van der Waals surface area contributed by atoms with Crippen molar-refractivity contribution in [1.29, 1.82) is 0 Å². The maximum Gasteiger partial charge on any atom is 0.416 e. The highest BCUT2D eigenvalue weighted by atomic mass is 35.5. The smallest absolute Gasteiger partial charge is 0.416 e. The topological polar surface area (TPSA) is 49.8 Å². The van der Waals surface area contributed by atoms with Crippen LogP contribution in [0.4, 0.5) is 17.6 Å². The van der Waals surface area contributed by atoms with Crippen molar-refractivity contribution in [2.45, 2.75) is 44.2 Å². The van der Waals surface area contributed by atoms with Crippen molar-refractivity contribution in [1.82, 2.24) is 4.90 Å². The second-order valence-electron chi connectivity index (χ2n) is 7.59. The lowest BCUT2D eigenvalue weighted by atomic mass is 9.81. The summed E-state index contributed by atoms with van der Waals surface area (Å²) < 4.78 is 58.9. The highest BCUT2D eigenvalue weighted by Gasteiger charge is 2.43. The molecule has 2 aromatic rings. The average Bonchev–Trinajstić information content (AvgIpc) is 3.06. The van der Waals surface area contributed by atoms with Crippen molar-refractivity contribution in [3.63, 3.8) is 0 Å². The maximum atomic E-state index is 13.5. The molecule has 1 aliphatic rings. The largest absolute Gasteiger partial charge is 0.480 e. The Kier molecular flexibility index (Phi) is 7.73. The van der Waals surface area contributed by atoms with Gasteiger partial charge in [-0.15, -0.1) is 12.4 Å². The standard InChI is InChI=1S/C22H23F4NO3.ClH/c1-14(20(28)29)27(2)11-3-10-21(16-4-7-18(23)8-5-16)19-9-6-17(22(24,25)26)12-15(19)13-30-21;/h4-9,12,14H,3,10-11,13H2,1-2H3,(H,28,29);1H. The molecular weight excluding hydrogens is 438 g/mol. The van der Waals surface area contributed by atoms with Crippen LogP contribution < -0.4 is 0 Å². The van der Waals surface area contributed by atoms with E-state index in [1.165, 1.54) is 18.2 Å². The van der Waals surface area contributed by atoms with Crippen LogP contribution in [0.5, 0.6) is 0 Å². The predicted octanol–water partition coefficient (Wildman–Crippen LogP) is 5.23. The van der Waals surface area contributed by atoms with Gasteiger partial charge in [0.15, 0.2) is 0 Å². The maximum absolute atomic E-state index is 13.5. The number of carbonyl (C=O) groups is 1. The van der Waals surface area contributed by atoms with Crippen LogP contribution in [0.3, 0.4) is 0 Å². The highest BCUT2D eigenvalue weighted by Crippen LogP contribution is 2.46. The first kappa shape index (κ1) is 25.1. The number of carboxylic acid groups (broad SMARTS) is 1. The van der Waals surface area contributed by atoms with Crippen LogP contribution in [0.1, 0.15) is 42.0 Å². The number of hydrogen-bond acceptors (Lipinski definition) is 3. The summed E-state index contributed by atoms with van der Waals surface area (Å²) in [6, 6.07) is 8.62. The Morgan fingerprint density at radius 3 is 2.45 bits per heavy atom. The van der Waals surface area contributed by atoms with Gasteiger partial charge in [-0.2, -0.15) is 13.2 Å². The van der Waals surface area contributed by atoms with Gasteiger partial charge < -0.3 is 9.84 Å². The fourth-order valence-corrected chi connectivity index (χ4v) is 3.83. The van der Waals surface area contributed by atoms with Gasteiger partial charge >= 0.3 is 12.1 Å². The minimum absolute atomic E-state index is 0. The number of benzene rings is 2. The predicted molar refractivity (Wildman–Crippen MR) is 110 cm³/mol. The quantitative estimate of drug-likeness (QED) is 0.574. The van der Waals surface area contributed by atoms with Gasteiger partial charge in [0.05, 0.1) is 12.2 Å². The van der Waals surface area contributed by atoms with Crippen LogP contribution in [0.2, 0.25) is 0 Å². The second-order valence-corrected chi connectivity index (χ2v) is 7.59. The Bertz CT molecular complexity index is 920. The van der Waals surface area contributed by atoms with E-state index >= 15 is 0 Å². The van der Waals surface area contributed by atoms with E-state index in [0.717, 1.165) is 12.1 Å². The fourth-order valence-electron chi connectivity index (χ4n) is 3.83. The molecular formula is C22H24ClF4NO3. The summed E-state index contributed by atoms with van der Waals surface area (Å²) in [7, 11) is 1.70. The molecule has 1 N–H and O–H groups in total. The zero-order valence-corrected chi connectivity index (χ0v) is 17.9. The number of aliphatic carboxylic acids is 1. The third-order valence-corrected chi connectivity index (χ3v) is 5.71. The normalized spacial score (nSPS) is 19.1. The monoisotopic (exact) mass is 461 g/mol. The van der Waals surface area contributed by atoms with Gasteiger partial charge in [0.2, 0.25) is 0 Å². The van der Waals surface area contributed by atoms with E-state index in [1.807, 2.05) is 0 Å². The van der Waals surface area contributed by atoms with Crippen molar-refractivity contribution < 1.29 is 32.2 Å². The van der Waals surface area contributed by atoms with Crippen LogP contribution in [0.25, 0.3) is 0 Å². The zero-order valence-electron chi connectivity index (χ0n) is 17.1. The van der Waals surface area contributed by atoms with Gasteiger partial charge in [-0.3, -0.25) is 9.69 Å². The van der Waals surface area contributed by atoms with Gasteiger partial charge in [0.1, 0.15) is 17.5 Å². The molecule has 0 saturated carbocycles. The number of hydrogen-bond donors (Lipinski definition) is 1. The number of rotatable bonds is 7. The van der Waals surface area contributed by atoms with Crippen molar-refractivity contribution in [3.8, 4) is 0 Å². The number of fused-ring (bicyclic) bond motifs is 1. The molecule has 2 unspecified atom stereocenters. The lowest BCUT2D eigenvalue weighted by Crippen LogP contribution is -2.37. The summed E-state index contributed by atoms with van der Waals surface area (Å²) in [6.07, 6.45) is -3.51. The Hall–Kier alpha value is -2.16. The van der Waals surface area contributed by atoms with E-state index in [1.54, 1.807) is 31.0 Å². The van der Waals surface area contributed by atoms with Gasteiger partial charge in [0, 0.05) is 0 Å². The van der Waals surface area contributed by atoms with Crippen molar-refractivity contribution in [3.05, 3.63) is 70.5 Å². The Morgan fingerprint density at radius 1 is 1.23 bits per heavy atom. The molecule has 4 nitrogen and oxygen atoms in total. The Morgan fingerprint density at radius 2 is 1.87 bits per heavy atom. The molecule has 0 aliphatic carbocycles. The van der Waals surface area contributed by atoms with Crippen LogP contribution in [0, 0.1) is 5.82 Å². The molecule has 0 bridgehead atoms. The molecule has 1 aliphatic heterocycles. The number of ether oxygens (including phenoxy) is 1. The summed E-state index contributed by atoms with van der Waals surface area (Å²) in [5, 5.41) is 9.15. The van der Waals surface area contributed by atoms with Gasteiger partial charge in [-0.05, 0) is 74.3 Å². The molecule has 0 amide bonds. The fraction of sp³-hybridized carbons (Fsp3) is 0.409. The SMILES string of the molecule is CC(C(=O)O)N(C)CCCC1(c2ccc(F)cc2)OCc2cc(C(F)(F)F)ccc21.Cl. The molecule has 170 valence electrons. The van der Waals surface area contributed by atoms with Crippen LogP contribution in [0.15, 0.2) is 42.5 Å². The molecule has 2 aromatic carbocycles. The summed E-state index contributed by atoms with van der Waals surface area (Å²) >= 11 is 0. The zero-order chi connectivity index (χ0) is 22.1. The van der Waals surface area contributed by atoms with Crippen LogP contribution >= 0.6 is 12.4 Å². The molecule has 0 fully saturated rings. The molecule has 0 saturated heterocycles. The Labute approximate surface area is 184 Å². The van der Waals surface area contributed by atoms with Crippen molar-refractivity contribution in [2.75, 3.05) is 13.6 Å². The molecule has 0 radical (unpaired) electrons. The van der Waals surface area contributed by atoms with Gasteiger partial charge in [-0.25, -0.2) is 4.39 Å². The average molecular weight is 462 g/mol. The van der Waals surface area contributed by atoms with E-state index in [0.29, 0.717) is 36.1 Å². The number of nitrogens with zero attached hydrogens (tertiary/aromatic N) is 1. The minimum atomic E-state index is -4.45. The van der Waals surface area contributed by atoms with Crippen molar-refractivity contribution >= 4 is 18.4 Å². The van der Waals surface area contributed by atoms with E-state index in [9.17, 15) is 22.4 Å². The van der Waals surface area contributed by atoms with E-state index in [2.05, 4.69) is 0 Å². The van der Waals surface area contributed by atoms with Gasteiger partial charge in [0.25, 0.3) is 0 Å². The summed E-state index contributed by atoms with van der Waals surface area (Å²) in [5.41, 5.74) is -0.0379. The second kappa shape index (κ2) is 9.54. The summed E-state index contributed by atoms with van der Waals surface area (Å²) in [5.74, 6) is -1.36. The van der Waals surface area contributed by atoms with Gasteiger partial charge in [-0.1, -0.05) is 18.2 Å². The van der Waals surface area contributed by atoms with E-state index in [-0.39, 0.29) is 19.0 Å². The van der Waals surface area contributed by atoms with E-state index < -0.39 is 35.2 Å². The third-order valence-electron chi connectivity index (χ3n) is 5.71. The van der Waals surface area contributed by atoms with Crippen molar-refractivity contribution in [2.24, 2.45) is 0 Å². The molecule has 0 aromatic heterocycles. The molecule has 9 heteroatoms. The van der Waals surface area contributed by atoms with E-state index in [4.69, 9.17) is 9.84 Å². The first-order valence-electron chi connectivity index (χ1n) is 9.58. The number of carboxylic acids is 1. The molecule has 0 spiro atoms. The molecule has 2 atom stereocenters. The molecule has 3 rings (SSSR count). The summed E-state index contributed by atoms with van der Waals surface area (Å²) in [6.45, 7) is 2.05. The van der Waals surface area contributed by atoms with Crippen LogP contribution in [-0.4, -0.2) is 35.6 Å². The first-order chi connectivity index (χ1) is 14.0. The summed E-state index contributed by atoms with van der Waals surface area (Å²) in [4.78, 5) is 12.8. The highest BCUT2D eigenvalue weighted by molar-refractivity contribution is 5.85.